The summed E-state index contributed by atoms with van der Waals surface area (Å²) in [5, 5.41) is 10.9. The number of hydrogen-bond donors (Lipinski definition) is 0. The number of hydrazone groups is 1. The molecule has 4 heterocycles. The molecule has 146 valence electrons. The van der Waals surface area contributed by atoms with Crippen molar-refractivity contribution in [3.63, 3.8) is 0 Å². The molecule has 0 bridgehead atoms. The van der Waals surface area contributed by atoms with Crippen LogP contribution in [0.25, 0.3) is 6.08 Å². The minimum absolute atomic E-state index is 0.0965. The standard InChI is InChI=1S/C22H18ClN3OS2/c23-21-17(8-2-10-24-21)22(27)26-20(18-9-4-12-29-18)16-7-1-5-14(19(16)25-26)13-15-6-3-11-28-15/h2-4,6,8-13,16,20H,1,5,7H2. The van der Waals surface area contributed by atoms with Crippen molar-refractivity contribution in [2.45, 2.75) is 25.3 Å². The Morgan fingerprint density at radius 1 is 1.17 bits per heavy atom. The molecule has 0 radical (unpaired) electrons. The van der Waals surface area contributed by atoms with Crippen LogP contribution in [-0.2, 0) is 0 Å². The molecule has 4 nitrogen and oxygen atoms in total. The fourth-order valence-corrected chi connectivity index (χ4v) is 5.88. The summed E-state index contributed by atoms with van der Waals surface area (Å²) in [6.07, 6.45) is 6.92. The van der Waals surface area contributed by atoms with Gasteiger partial charge in [-0.15, -0.1) is 22.7 Å². The third-order valence-corrected chi connectivity index (χ3v) is 7.46. The van der Waals surface area contributed by atoms with E-state index in [2.05, 4.69) is 40.0 Å². The third kappa shape index (κ3) is 3.45. The number of aromatic nitrogens is 1. The molecule has 1 aliphatic carbocycles. The first-order valence-electron chi connectivity index (χ1n) is 9.53. The number of halogens is 1. The lowest BCUT2D eigenvalue weighted by Crippen LogP contribution is -2.31. The number of nitrogens with zero attached hydrogens (tertiary/aromatic N) is 3. The summed E-state index contributed by atoms with van der Waals surface area (Å²) in [5.41, 5.74) is 2.66. The summed E-state index contributed by atoms with van der Waals surface area (Å²) in [6.45, 7) is 0. The topological polar surface area (TPSA) is 45.6 Å². The van der Waals surface area contributed by atoms with Crippen LogP contribution in [0, 0.1) is 5.92 Å². The Morgan fingerprint density at radius 2 is 2.03 bits per heavy atom. The number of pyridine rings is 1. The van der Waals surface area contributed by atoms with Crippen LogP contribution in [0.1, 0.15) is 45.4 Å². The number of thiophene rings is 2. The van der Waals surface area contributed by atoms with Gasteiger partial charge in [0, 0.05) is 21.9 Å². The SMILES string of the molecule is O=C(c1cccnc1Cl)N1N=C2C(=Cc3cccs3)CCCC2C1c1cccs1. The average molecular weight is 440 g/mol. The van der Waals surface area contributed by atoms with Crippen molar-refractivity contribution in [1.29, 1.82) is 0 Å². The third-order valence-electron chi connectivity index (χ3n) is 5.39. The quantitative estimate of drug-likeness (QED) is 0.450. The Balaban J connectivity index is 1.59. The molecule has 2 aliphatic rings. The van der Waals surface area contributed by atoms with Crippen LogP contribution < -0.4 is 0 Å². The minimum Gasteiger partial charge on any atom is -0.267 e. The predicted octanol–water partition coefficient (Wildman–Crippen LogP) is 6.29. The molecular weight excluding hydrogens is 422 g/mol. The normalized spacial score (nSPS) is 22.6. The molecule has 2 unspecified atom stereocenters. The summed E-state index contributed by atoms with van der Waals surface area (Å²) in [5.74, 6) is 0.00637. The second-order valence-corrected chi connectivity index (χ2v) is 9.44. The van der Waals surface area contributed by atoms with Gasteiger partial charge in [-0.3, -0.25) is 4.79 Å². The largest absolute Gasteiger partial charge is 0.277 e. The maximum Gasteiger partial charge on any atom is 0.277 e. The number of amides is 1. The summed E-state index contributed by atoms with van der Waals surface area (Å²) < 4.78 is 0. The van der Waals surface area contributed by atoms with Gasteiger partial charge in [-0.25, -0.2) is 9.99 Å². The maximum atomic E-state index is 13.4. The highest BCUT2D eigenvalue weighted by molar-refractivity contribution is 7.11. The minimum atomic E-state index is -0.195. The Labute approximate surface area is 182 Å². The zero-order valence-electron chi connectivity index (χ0n) is 15.5. The Kier molecular flexibility index (Phi) is 5.08. The first-order valence-corrected chi connectivity index (χ1v) is 11.7. The van der Waals surface area contributed by atoms with Crippen LogP contribution in [0.15, 0.2) is 64.0 Å². The zero-order valence-corrected chi connectivity index (χ0v) is 17.9. The molecular formula is C22H18ClN3OS2. The monoisotopic (exact) mass is 439 g/mol. The predicted molar refractivity (Wildman–Crippen MR) is 120 cm³/mol. The smallest absolute Gasteiger partial charge is 0.267 e. The number of carbonyl (C=O) groups excluding carboxylic acids is 1. The molecule has 2 atom stereocenters. The first kappa shape index (κ1) is 18.7. The van der Waals surface area contributed by atoms with Crippen LogP contribution in [-0.4, -0.2) is 21.6 Å². The molecule has 1 amide bonds. The molecule has 1 saturated carbocycles. The second-order valence-electron chi connectivity index (χ2n) is 7.12. The molecule has 0 N–H and O–H groups in total. The molecule has 5 rings (SSSR count). The van der Waals surface area contributed by atoms with E-state index in [1.54, 1.807) is 46.0 Å². The van der Waals surface area contributed by atoms with Gasteiger partial charge in [0.25, 0.3) is 5.91 Å². The molecule has 0 aromatic carbocycles. The first-order chi connectivity index (χ1) is 14.2. The van der Waals surface area contributed by atoms with E-state index < -0.39 is 0 Å². The number of allylic oxidation sites excluding steroid dienone is 1. The van der Waals surface area contributed by atoms with Gasteiger partial charge in [0.05, 0.1) is 17.3 Å². The van der Waals surface area contributed by atoms with Gasteiger partial charge in [-0.2, -0.15) is 5.10 Å². The molecule has 1 fully saturated rings. The summed E-state index contributed by atoms with van der Waals surface area (Å²) in [6, 6.07) is 11.7. The van der Waals surface area contributed by atoms with Gasteiger partial charge in [0.1, 0.15) is 5.15 Å². The van der Waals surface area contributed by atoms with E-state index in [0.29, 0.717) is 5.56 Å². The Bertz CT molecular complexity index is 1090. The van der Waals surface area contributed by atoms with Crippen LogP contribution in [0.4, 0.5) is 0 Å². The summed E-state index contributed by atoms with van der Waals surface area (Å²) in [4.78, 5) is 19.9. The number of fused-ring (bicyclic) bond motifs is 1. The Morgan fingerprint density at radius 3 is 2.79 bits per heavy atom. The fourth-order valence-electron chi connectivity index (χ4n) is 4.12. The van der Waals surface area contributed by atoms with Gasteiger partial charge in [-0.05, 0) is 65.9 Å². The molecule has 7 heteroatoms. The lowest BCUT2D eigenvalue weighted by molar-refractivity contribution is 0.0684. The molecule has 0 spiro atoms. The molecule has 3 aromatic heterocycles. The van der Waals surface area contributed by atoms with Crippen LogP contribution in [0.5, 0.6) is 0 Å². The van der Waals surface area contributed by atoms with Crippen molar-refractivity contribution >= 4 is 52.0 Å². The molecule has 3 aromatic rings. The number of carbonyl (C=O) groups is 1. The van der Waals surface area contributed by atoms with Crippen LogP contribution in [0.3, 0.4) is 0 Å². The highest BCUT2D eigenvalue weighted by Gasteiger charge is 2.44. The van der Waals surface area contributed by atoms with Gasteiger partial charge >= 0.3 is 0 Å². The van der Waals surface area contributed by atoms with Crippen molar-refractivity contribution in [3.05, 3.63) is 79.4 Å². The average Bonchev–Trinajstić information content (AvgIpc) is 3.48. The van der Waals surface area contributed by atoms with Crippen molar-refractivity contribution in [2.75, 3.05) is 0 Å². The van der Waals surface area contributed by atoms with E-state index in [0.717, 1.165) is 29.9 Å². The number of hydrogen-bond acceptors (Lipinski definition) is 5. The van der Waals surface area contributed by atoms with Gasteiger partial charge in [0.15, 0.2) is 0 Å². The maximum absolute atomic E-state index is 13.4. The van der Waals surface area contributed by atoms with Crippen molar-refractivity contribution < 1.29 is 4.79 Å². The van der Waals surface area contributed by atoms with Crippen molar-refractivity contribution in [2.24, 2.45) is 11.0 Å². The van der Waals surface area contributed by atoms with Crippen LogP contribution >= 0.6 is 34.3 Å². The van der Waals surface area contributed by atoms with Gasteiger partial charge in [-0.1, -0.05) is 23.7 Å². The molecule has 1 aliphatic heterocycles. The second kappa shape index (κ2) is 7.86. The molecule has 29 heavy (non-hydrogen) atoms. The van der Waals surface area contributed by atoms with Gasteiger partial charge in [0.2, 0.25) is 0 Å². The van der Waals surface area contributed by atoms with E-state index in [1.807, 2.05) is 6.07 Å². The van der Waals surface area contributed by atoms with Crippen LogP contribution in [0.2, 0.25) is 5.15 Å². The van der Waals surface area contributed by atoms with E-state index >= 15 is 0 Å². The fraction of sp³-hybridized carbons (Fsp3) is 0.227. The van der Waals surface area contributed by atoms with E-state index in [-0.39, 0.29) is 23.0 Å². The highest BCUT2D eigenvalue weighted by Crippen LogP contribution is 2.46. The zero-order chi connectivity index (χ0) is 19.8. The highest BCUT2D eigenvalue weighted by atomic mass is 35.5. The lowest BCUT2D eigenvalue weighted by atomic mass is 9.79. The molecule has 0 saturated heterocycles. The summed E-state index contributed by atoms with van der Waals surface area (Å²) >= 11 is 9.62. The van der Waals surface area contributed by atoms with E-state index in [1.165, 1.54) is 10.5 Å². The summed E-state index contributed by atoms with van der Waals surface area (Å²) in [7, 11) is 0. The van der Waals surface area contributed by atoms with E-state index in [4.69, 9.17) is 16.7 Å². The lowest BCUT2D eigenvalue weighted by Gasteiger charge is -2.28. The number of rotatable bonds is 3. The van der Waals surface area contributed by atoms with Gasteiger partial charge < -0.3 is 0 Å². The van der Waals surface area contributed by atoms with E-state index in [9.17, 15) is 4.79 Å². The van der Waals surface area contributed by atoms with Crippen molar-refractivity contribution in [3.8, 4) is 0 Å². The van der Waals surface area contributed by atoms with Crippen molar-refractivity contribution in [1.82, 2.24) is 9.99 Å². The Hall–Kier alpha value is -2.28.